The van der Waals surface area contributed by atoms with Gasteiger partial charge < -0.3 is 5.73 Å². The summed E-state index contributed by atoms with van der Waals surface area (Å²) in [5, 5.41) is 12.7. The fourth-order valence-corrected chi connectivity index (χ4v) is 2.44. The van der Waals surface area contributed by atoms with Crippen molar-refractivity contribution < 1.29 is 8.42 Å². The predicted octanol–water partition coefficient (Wildman–Crippen LogP) is 0.0262. The number of nitrogens with one attached hydrogen (secondary N) is 1. The Bertz CT molecular complexity index is 635. The van der Waals surface area contributed by atoms with Crippen molar-refractivity contribution in [2.24, 2.45) is 22.6 Å². The van der Waals surface area contributed by atoms with Crippen LogP contribution in [0.5, 0.6) is 0 Å². The van der Waals surface area contributed by atoms with Gasteiger partial charge in [0.1, 0.15) is 5.84 Å². The number of nitrogen functional groups attached to an aromatic ring is 1. The van der Waals surface area contributed by atoms with E-state index >= 15 is 0 Å². The fraction of sp³-hybridized carbons (Fsp3) is 0.0833. The zero-order chi connectivity index (χ0) is 15.9. The normalized spacial score (nSPS) is 11.3. The number of rotatable bonds is 4. The van der Waals surface area contributed by atoms with Crippen molar-refractivity contribution in [3.63, 3.8) is 0 Å². The van der Waals surface area contributed by atoms with Crippen molar-refractivity contribution in [1.82, 2.24) is 0 Å². The molecule has 0 fully saturated rings. The minimum absolute atomic E-state index is 0.105. The van der Waals surface area contributed by atoms with Gasteiger partial charge in [-0.05, 0) is 24.1 Å². The maximum atomic E-state index is 11.5. The van der Waals surface area contributed by atoms with E-state index in [9.17, 15) is 8.42 Å². The van der Waals surface area contributed by atoms with Crippen LogP contribution in [-0.2, 0) is 10.0 Å². The molecule has 0 heterocycles. The molecule has 20 heavy (non-hydrogen) atoms. The van der Waals surface area contributed by atoms with Gasteiger partial charge in [0.2, 0.25) is 10.0 Å². The van der Waals surface area contributed by atoms with Crippen LogP contribution in [-0.4, -0.2) is 14.3 Å². The van der Waals surface area contributed by atoms with Gasteiger partial charge in [0.25, 0.3) is 0 Å². The second-order valence-electron chi connectivity index (χ2n) is 3.59. The molecule has 0 unspecified atom stereocenters. The summed E-state index contributed by atoms with van der Waals surface area (Å²) in [7, 11) is -3.93. The Morgan fingerprint density at radius 2 is 1.90 bits per heavy atom. The van der Waals surface area contributed by atoms with Gasteiger partial charge in [-0.1, -0.05) is 30.9 Å². The number of hydrogen-bond donors (Lipinski definition) is 5. The Labute approximate surface area is 118 Å². The Hall–Kier alpha value is -2.00. The summed E-state index contributed by atoms with van der Waals surface area (Å²) < 4.78 is 23.0. The van der Waals surface area contributed by atoms with Gasteiger partial charge in [0.05, 0.1) is 4.90 Å². The van der Waals surface area contributed by atoms with Gasteiger partial charge in [-0.25, -0.2) is 13.6 Å². The molecule has 0 amide bonds. The third-order valence-corrected chi connectivity index (χ3v) is 3.40. The third kappa shape index (κ3) is 4.00. The van der Waals surface area contributed by atoms with Crippen molar-refractivity contribution in [3.8, 4) is 0 Å². The maximum absolute atomic E-state index is 11.5. The average molecular weight is 297 g/mol. The summed E-state index contributed by atoms with van der Waals surface area (Å²) in [6.07, 6.45) is 3.32. The molecule has 7 nitrogen and oxygen atoms in total. The highest BCUT2D eigenvalue weighted by atomic mass is 32.2. The highest BCUT2D eigenvalue weighted by Gasteiger charge is 2.19. The molecule has 9 N–H and O–H groups in total. The lowest BCUT2D eigenvalue weighted by Crippen LogP contribution is -2.22. The third-order valence-electron chi connectivity index (χ3n) is 2.44. The van der Waals surface area contributed by atoms with Gasteiger partial charge in [-0.15, -0.1) is 0 Å². The summed E-state index contributed by atoms with van der Waals surface area (Å²) in [5.41, 5.74) is 6.77. The van der Waals surface area contributed by atoms with Crippen LogP contribution in [0.2, 0.25) is 0 Å². The van der Waals surface area contributed by atoms with E-state index in [4.69, 9.17) is 16.3 Å². The molecule has 0 saturated carbocycles. The number of benzene rings is 1. The fourth-order valence-electron chi connectivity index (χ4n) is 1.67. The summed E-state index contributed by atoms with van der Waals surface area (Å²) in [6, 6.07) is 4.54. The molecule has 1 rings (SSSR count). The molecule has 0 bridgehead atoms. The van der Waals surface area contributed by atoms with Crippen molar-refractivity contribution >= 4 is 21.4 Å². The molecule has 8 heteroatoms. The smallest absolute Gasteiger partial charge is 0.238 e. The first-order chi connectivity index (χ1) is 9.32. The van der Waals surface area contributed by atoms with Crippen LogP contribution in [0, 0.1) is 5.41 Å². The largest absolute Gasteiger partial charge is 0.384 e. The standard InChI is InChI=1S/C12H15N3O2S.H4N2/c1-3-8(4-2)9-6-5-7-10(18(15,16)17)11(9)12(13)14;1-2/h3-7H,1H2,2H3,(H3,13,14)(H2,15,16,17);1-2H2/b8-4+;. The Morgan fingerprint density at radius 3 is 2.25 bits per heavy atom. The molecular weight excluding hydrogens is 278 g/mol. The number of hydrogen-bond acceptors (Lipinski definition) is 5. The van der Waals surface area contributed by atoms with Crippen LogP contribution in [0.1, 0.15) is 18.1 Å². The maximum Gasteiger partial charge on any atom is 0.238 e. The highest BCUT2D eigenvalue weighted by Crippen LogP contribution is 2.25. The number of allylic oxidation sites excluding steroid dienone is 3. The van der Waals surface area contributed by atoms with Crippen molar-refractivity contribution in [1.29, 1.82) is 5.41 Å². The van der Waals surface area contributed by atoms with Crippen LogP contribution < -0.4 is 22.6 Å². The van der Waals surface area contributed by atoms with Crippen LogP contribution in [0.3, 0.4) is 0 Å². The first kappa shape index (κ1) is 18.0. The van der Waals surface area contributed by atoms with Crippen LogP contribution in [0.25, 0.3) is 5.57 Å². The molecule has 110 valence electrons. The highest BCUT2D eigenvalue weighted by molar-refractivity contribution is 7.89. The molecule has 0 aliphatic carbocycles. The zero-order valence-electron chi connectivity index (χ0n) is 11.1. The van der Waals surface area contributed by atoms with E-state index in [-0.39, 0.29) is 16.3 Å². The summed E-state index contributed by atoms with van der Waals surface area (Å²) >= 11 is 0. The van der Waals surface area contributed by atoms with E-state index in [1.54, 1.807) is 31.2 Å². The number of amidine groups is 1. The molecule has 0 radical (unpaired) electrons. The Morgan fingerprint density at radius 1 is 1.35 bits per heavy atom. The van der Waals surface area contributed by atoms with E-state index in [1.807, 2.05) is 0 Å². The molecule has 0 saturated heterocycles. The second-order valence-corrected chi connectivity index (χ2v) is 5.12. The average Bonchev–Trinajstić information content (AvgIpc) is 2.41. The lowest BCUT2D eigenvalue weighted by Gasteiger charge is -2.12. The van der Waals surface area contributed by atoms with Crippen molar-refractivity contribution in [2.45, 2.75) is 11.8 Å². The topological polar surface area (TPSA) is 162 Å². The summed E-state index contributed by atoms with van der Waals surface area (Å²) in [4.78, 5) is -0.159. The molecule has 1 aromatic rings. The first-order valence-electron chi connectivity index (χ1n) is 5.45. The SMILES string of the molecule is C=C/C(=C\C)c1cccc(S(N)(=O)=O)c1C(=N)N.NN. The minimum atomic E-state index is -3.93. The van der Waals surface area contributed by atoms with Crippen molar-refractivity contribution in [3.05, 3.63) is 48.1 Å². The number of primary sulfonamides is 1. The lowest BCUT2D eigenvalue weighted by molar-refractivity contribution is 0.597. The van der Waals surface area contributed by atoms with E-state index in [2.05, 4.69) is 18.3 Å². The monoisotopic (exact) mass is 297 g/mol. The van der Waals surface area contributed by atoms with Gasteiger partial charge in [-0.2, -0.15) is 0 Å². The predicted molar refractivity (Wildman–Crippen MR) is 81.1 cm³/mol. The van der Waals surface area contributed by atoms with Gasteiger partial charge in [0, 0.05) is 5.56 Å². The lowest BCUT2D eigenvalue weighted by atomic mass is 9.99. The molecule has 0 aromatic heterocycles. The van der Waals surface area contributed by atoms with Gasteiger partial charge >= 0.3 is 0 Å². The van der Waals surface area contributed by atoms with E-state index in [0.717, 1.165) is 0 Å². The number of hydrazine groups is 1. The first-order valence-corrected chi connectivity index (χ1v) is 7.00. The minimum Gasteiger partial charge on any atom is -0.384 e. The number of sulfonamides is 1. The van der Waals surface area contributed by atoms with E-state index < -0.39 is 10.0 Å². The molecule has 0 atom stereocenters. The van der Waals surface area contributed by atoms with Crippen LogP contribution >= 0.6 is 0 Å². The van der Waals surface area contributed by atoms with Crippen LogP contribution in [0.15, 0.2) is 41.8 Å². The Kier molecular flexibility index (Phi) is 6.80. The quantitative estimate of drug-likeness (QED) is 0.174. The summed E-state index contributed by atoms with van der Waals surface area (Å²) in [6.45, 7) is 5.42. The molecule has 1 aromatic carbocycles. The van der Waals surface area contributed by atoms with Gasteiger partial charge in [0.15, 0.2) is 0 Å². The van der Waals surface area contributed by atoms with E-state index in [1.165, 1.54) is 6.07 Å². The molecular formula is C12H19N5O2S. The molecule has 0 aliphatic rings. The zero-order valence-corrected chi connectivity index (χ0v) is 11.9. The molecule has 0 aliphatic heterocycles. The number of nitrogens with two attached hydrogens (primary N) is 4. The second kappa shape index (κ2) is 7.56. The summed E-state index contributed by atoms with van der Waals surface area (Å²) in [5.74, 6) is 7.65. The van der Waals surface area contributed by atoms with E-state index in [0.29, 0.717) is 11.1 Å². The Balaban J connectivity index is 0.00000172. The molecule has 0 spiro atoms. The van der Waals surface area contributed by atoms with Crippen LogP contribution in [0.4, 0.5) is 0 Å². The van der Waals surface area contributed by atoms with Gasteiger partial charge in [-0.3, -0.25) is 17.1 Å². The van der Waals surface area contributed by atoms with Crippen molar-refractivity contribution in [2.75, 3.05) is 0 Å².